The van der Waals surface area contributed by atoms with Gasteiger partial charge in [-0.05, 0) is 73.8 Å². The van der Waals surface area contributed by atoms with Gasteiger partial charge in [0.25, 0.3) is 0 Å². The number of urea groups is 1. The Hall–Kier alpha value is -2.39. The number of aryl methyl sites for hydroxylation is 1. The number of benzene rings is 1. The summed E-state index contributed by atoms with van der Waals surface area (Å²) in [7, 11) is -3.47. The number of nitrogens with one attached hydrogen (secondary N) is 1. The van der Waals surface area contributed by atoms with Crippen LogP contribution in [0.5, 0.6) is 5.88 Å². The molecule has 29 heavy (non-hydrogen) atoms. The molecule has 2 unspecified atom stereocenters. The first-order valence-corrected chi connectivity index (χ1v) is 11.7. The Bertz CT molecular complexity index is 1130. The van der Waals surface area contributed by atoms with Crippen molar-refractivity contribution in [2.24, 2.45) is 9.50 Å². The molecule has 154 valence electrons. The SMILES string of the molecule is CC1CCOc2c(S(N)(=O)=NC(=O)Nc3cc4c(c5c3CCC5)CCC4)cnn21. The molecular formula is C20H25N5O3S. The molecule has 8 nitrogen and oxygen atoms in total. The van der Waals surface area contributed by atoms with E-state index in [0.717, 1.165) is 50.6 Å². The third-order valence-corrected chi connectivity index (χ3v) is 7.52. The fraction of sp³-hybridized carbons (Fsp3) is 0.500. The van der Waals surface area contributed by atoms with Gasteiger partial charge in [0.2, 0.25) is 5.88 Å². The van der Waals surface area contributed by atoms with E-state index in [9.17, 15) is 9.00 Å². The first kappa shape index (κ1) is 18.6. The van der Waals surface area contributed by atoms with Crippen molar-refractivity contribution in [2.75, 3.05) is 11.9 Å². The number of nitrogens with two attached hydrogens (primary N) is 1. The molecule has 2 atom stereocenters. The van der Waals surface area contributed by atoms with Crippen LogP contribution < -0.4 is 15.2 Å². The van der Waals surface area contributed by atoms with Crippen molar-refractivity contribution < 1.29 is 13.7 Å². The molecule has 2 heterocycles. The Kier molecular flexibility index (Phi) is 4.40. The van der Waals surface area contributed by atoms with Gasteiger partial charge < -0.3 is 10.1 Å². The van der Waals surface area contributed by atoms with E-state index in [0.29, 0.717) is 12.5 Å². The molecule has 5 rings (SSSR count). The zero-order valence-electron chi connectivity index (χ0n) is 16.4. The lowest BCUT2D eigenvalue weighted by Crippen LogP contribution is -2.22. The van der Waals surface area contributed by atoms with Crippen LogP contribution in [0.15, 0.2) is 21.5 Å². The highest BCUT2D eigenvalue weighted by Crippen LogP contribution is 2.38. The monoisotopic (exact) mass is 415 g/mol. The quantitative estimate of drug-likeness (QED) is 0.785. The maximum absolute atomic E-state index is 13.1. The first-order valence-electron chi connectivity index (χ1n) is 10.2. The second-order valence-corrected chi connectivity index (χ2v) is 9.82. The van der Waals surface area contributed by atoms with Gasteiger partial charge in [-0.2, -0.15) is 5.10 Å². The van der Waals surface area contributed by atoms with E-state index in [4.69, 9.17) is 9.88 Å². The van der Waals surface area contributed by atoms with E-state index in [-0.39, 0.29) is 10.9 Å². The highest BCUT2D eigenvalue weighted by molar-refractivity contribution is 7.91. The van der Waals surface area contributed by atoms with E-state index in [2.05, 4.69) is 20.8 Å². The van der Waals surface area contributed by atoms with Gasteiger partial charge in [0, 0.05) is 12.1 Å². The third-order valence-electron chi connectivity index (χ3n) is 6.17. The van der Waals surface area contributed by atoms with E-state index in [1.807, 2.05) is 6.92 Å². The lowest BCUT2D eigenvalue weighted by atomic mass is 9.98. The number of nitrogens with zero attached hydrogens (tertiary/aromatic N) is 3. The van der Waals surface area contributed by atoms with Crippen LogP contribution in [0.25, 0.3) is 0 Å². The lowest BCUT2D eigenvalue weighted by Gasteiger charge is -2.22. The highest BCUT2D eigenvalue weighted by Gasteiger charge is 2.28. The largest absolute Gasteiger partial charge is 0.477 e. The number of hydrogen-bond donors (Lipinski definition) is 2. The summed E-state index contributed by atoms with van der Waals surface area (Å²) in [5, 5.41) is 13.0. The maximum atomic E-state index is 13.1. The van der Waals surface area contributed by atoms with Gasteiger partial charge in [-0.1, -0.05) is 0 Å². The van der Waals surface area contributed by atoms with Crippen molar-refractivity contribution in [2.45, 2.75) is 62.8 Å². The van der Waals surface area contributed by atoms with E-state index >= 15 is 0 Å². The van der Waals surface area contributed by atoms with Crippen molar-refractivity contribution in [3.63, 3.8) is 0 Å². The summed E-state index contributed by atoms with van der Waals surface area (Å²) in [6, 6.07) is 1.48. The molecule has 1 aromatic carbocycles. The summed E-state index contributed by atoms with van der Waals surface area (Å²) in [4.78, 5) is 12.8. The van der Waals surface area contributed by atoms with Crippen LogP contribution in [-0.2, 0) is 35.6 Å². The molecule has 9 heteroatoms. The van der Waals surface area contributed by atoms with Gasteiger partial charge in [0.1, 0.15) is 4.90 Å². The molecule has 1 aromatic heterocycles. The predicted molar refractivity (Wildman–Crippen MR) is 110 cm³/mol. The van der Waals surface area contributed by atoms with Crippen LogP contribution in [0.2, 0.25) is 0 Å². The molecular weight excluding hydrogens is 390 g/mol. The molecule has 3 N–H and O–H groups in total. The standard InChI is InChI=1S/C20H25N5O3S/c1-12-8-9-28-19-18(11-22-25(12)19)29(21,27)24-20(26)23-17-10-13-4-2-5-14(13)15-6-3-7-16(15)17/h10-12H,2-9H2,1H3,(H3,21,23,24,26,27). The minimum atomic E-state index is -3.47. The van der Waals surface area contributed by atoms with Gasteiger partial charge in [-0.25, -0.2) is 18.8 Å². The van der Waals surface area contributed by atoms with Gasteiger partial charge in [-0.15, -0.1) is 4.36 Å². The van der Waals surface area contributed by atoms with Crippen LogP contribution in [0.3, 0.4) is 0 Å². The van der Waals surface area contributed by atoms with Crippen molar-refractivity contribution >= 4 is 21.6 Å². The first-order chi connectivity index (χ1) is 13.9. The molecule has 0 fully saturated rings. The number of ether oxygens (including phenoxy) is 1. The second-order valence-electron chi connectivity index (χ2n) is 8.06. The number of fused-ring (bicyclic) bond motifs is 4. The number of carbonyl (C=O) groups is 1. The smallest absolute Gasteiger partial charge is 0.354 e. The maximum Gasteiger partial charge on any atom is 0.354 e. The minimum Gasteiger partial charge on any atom is -0.477 e. The minimum absolute atomic E-state index is 0.116. The fourth-order valence-electron chi connectivity index (χ4n) is 4.76. The molecule has 2 aromatic rings. The zero-order valence-corrected chi connectivity index (χ0v) is 17.3. The van der Waals surface area contributed by atoms with E-state index < -0.39 is 15.9 Å². The fourth-order valence-corrected chi connectivity index (χ4v) is 5.75. The zero-order chi connectivity index (χ0) is 20.2. The number of rotatable bonds is 2. The molecule has 2 amide bonds. The summed E-state index contributed by atoms with van der Waals surface area (Å²) in [5.41, 5.74) is 6.13. The lowest BCUT2D eigenvalue weighted by molar-refractivity contribution is 0.196. The average Bonchev–Trinajstić information content (AvgIpc) is 3.40. The van der Waals surface area contributed by atoms with Gasteiger partial charge in [-0.3, -0.25) is 0 Å². The summed E-state index contributed by atoms with van der Waals surface area (Å²) >= 11 is 0. The van der Waals surface area contributed by atoms with Crippen molar-refractivity contribution in [3.05, 3.63) is 34.5 Å². The van der Waals surface area contributed by atoms with Crippen molar-refractivity contribution in [1.29, 1.82) is 0 Å². The Morgan fingerprint density at radius 2 is 2.03 bits per heavy atom. The number of amides is 2. The van der Waals surface area contributed by atoms with Crippen LogP contribution in [0.1, 0.15) is 54.5 Å². The molecule has 1 aliphatic heterocycles. The number of hydrogen-bond acceptors (Lipinski definition) is 4. The molecule has 0 radical (unpaired) electrons. The molecule has 0 saturated carbocycles. The molecule has 0 spiro atoms. The Morgan fingerprint density at radius 1 is 1.28 bits per heavy atom. The summed E-state index contributed by atoms with van der Waals surface area (Å²) in [6.07, 6.45) is 8.61. The average molecular weight is 416 g/mol. The van der Waals surface area contributed by atoms with Gasteiger partial charge in [0.15, 0.2) is 9.92 Å². The molecule has 3 aliphatic rings. The van der Waals surface area contributed by atoms with E-state index in [1.54, 1.807) is 4.68 Å². The van der Waals surface area contributed by atoms with E-state index in [1.165, 1.54) is 28.5 Å². The predicted octanol–water partition coefficient (Wildman–Crippen LogP) is 3.14. The van der Waals surface area contributed by atoms with Gasteiger partial charge >= 0.3 is 6.03 Å². The number of anilines is 1. The topological polar surface area (TPSA) is 112 Å². The van der Waals surface area contributed by atoms with Crippen molar-refractivity contribution in [1.82, 2.24) is 9.78 Å². The number of aromatic nitrogens is 2. The molecule has 0 saturated heterocycles. The normalized spacial score (nSPS) is 21.5. The Labute approximate surface area is 170 Å². The Balaban J connectivity index is 1.46. The molecule has 2 aliphatic carbocycles. The van der Waals surface area contributed by atoms with Crippen molar-refractivity contribution in [3.8, 4) is 5.88 Å². The number of carbonyl (C=O) groups excluding carboxylic acids is 1. The van der Waals surface area contributed by atoms with Crippen LogP contribution in [0, 0.1) is 0 Å². The third kappa shape index (κ3) is 3.12. The van der Waals surface area contributed by atoms with Crippen LogP contribution in [0.4, 0.5) is 10.5 Å². The highest BCUT2D eigenvalue weighted by atomic mass is 32.2. The van der Waals surface area contributed by atoms with Crippen LogP contribution >= 0.6 is 0 Å². The van der Waals surface area contributed by atoms with Gasteiger partial charge in [0.05, 0.1) is 18.8 Å². The summed E-state index contributed by atoms with van der Waals surface area (Å²) in [5.74, 6) is 0.339. The summed E-state index contributed by atoms with van der Waals surface area (Å²) in [6.45, 7) is 2.49. The molecule has 0 bridgehead atoms. The Morgan fingerprint density at radius 3 is 2.90 bits per heavy atom. The summed E-state index contributed by atoms with van der Waals surface area (Å²) < 4.78 is 24.1. The second kappa shape index (κ2) is 6.84. The van der Waals surface area contributed by atoms with Crippen LogP contribution in [-0.4, -0.2) is 26.6 Å².